The van der Waals surface area contributed by atoms with Gasteiger partial charge in [-0.3, -0.25) is 0 Å². The highest BCUT2D eigenvalue weighted by molar-refractivity contribution is 9.10. The van der Waals surface area contributed by atoms with E-state index in [2.05, 4.69) is 15.9 Å². The molecule has 2 heterocycles. The molecule has 8 aliphatic rings. The lowest BCUT2D eigenvalue weighted by Crippen LogP contribution is -2.71. The fourth-order valence-electron chi connectivity index (χ4n) is 7.76. The standard InChI is InChI=1S/C14H15BrO4/c15-12-7-5-8-6(7)10(14(12)18-3-4-19-14)11(9(5)12)13(8)16-1-2-17-13/h5-11H,1-4H2/t5-,6+,7-,8+,9+,10-,11-,12-/m0/s1. The van der Waals surface area contributed by atoms with Crippen LogP contribution in [0.15, 0.2) is 0 Å². The highest BCUT2D eigenvalue weighted by Crippen LogP contribution is 2.97. The molecule has 8 fully saturated rings. The zero-order chi connectivity index (χ0) is 12.2. The monoisotopic (exact) mass is 326 g/mol. The lowest BCUT2D eigenvalue weighted by Gasteiger charge is -2.66. The number of ether oxygens (including phenoxy) is 4. The summed E-state index contributed by atoms with van der Waals surface area (Å²) in [4.78, 5) is 0. The van der Waals surface area contributed by atoms with E-state index in [0.29, 0.717) is 29.6 Å². The van der Waals surface area contributed by atoms with Crippen molar-refractivity contribution in [3.63, 3.8) is 0 Å². The zero-order valence-corrected chi connectivity index (χ0v) is 12.0. The molecule has 6 saturated carbocycles. The predicted molar refractivity (Wildman–Crippen MR) is 65.4 cm³/mol. The van der Waals surface area contributed by atoms with E-state index in [1.165, 1.54) is 0 Å². The smallest absolute Gasteiger partial charge is 0.187 e. The van der Waals surface area contributed by atoms with Gasteiger partial charge in [0.05, 0.1) is 30.8 Å². The molecule has 0 unspecified atom stereocenters. The number of halogens is 1. The summed E-state index contributed by atoms with van der Waals surface area (Å²) in [5.74, 6) is 3.89. The minimum absolute atomic E-state index is 0.0659. The van der Waals surface area contributed by atoms with E-state index >= 15 is 0 Å². The summed E-state index contributed by atoms with van der Waals surface area (Å²) >= 11 is 4.09. The number of alkyl halides is 1. The Morgan fingerprint density at radius 3 is 2.00 bits per heavy atom. The van der Waals surface area contributed by atoms with Crippen molar-refractivity contribution in [2.45, 2.75) is 15.9 Å². The van der Waals surface area contributed by atoms with Gasteiger partial charge in [0.2, 0.25) is 0 Å². The SMILES string of the molecule is Br[C@@]12[C@@H]3[C@@H]4[C@H]5[C@H]3[C@@H]1[C@@H]([C@H]4C21OCCO1)C51OCCO1. The van der Waals surface area contributed by atoms with Crippen LogP contribution in [-0.4, -0.2) is 42.3 Å². The van der Waals surface area contributed by atoms with Crippen molar-refractivity contribution in [2.75, 3.05) is 26.4 Å². The van der Waals surface area contributed by atoms with Gasteiger partial charge < -0.3 is 18.9 Å². The molecular formula is C14H15BrO4. The maximum absolute atomic E-state index is 6.21. The number of rotatable bonds is 0. The summed E-state index contributed by atoms with van der Waals surface area (Å²) in [5, 5.41) is 0. The van der Waals surface area contributed by atoms with Crippen molar-refractivity contribution in [1.82, 2.24) is 0 Å². The lowest BCUT2D eigenvalue weighted by molar-refractivity contribution is -0.243. The van der Waals surface area contributed by atoms with Crippen LogP contribution >= 0.6 is 15.9 Å². The molecule has 0 aromatic heterocycles. The van der Waals surface area contributed by atoms with E-state index in [4.69, 9.17) is 18.9 Å². The van der Waals surface area contributed by atoms with E-state index in [1.54, 1.807) is 0 Å². The van der Waals surface area contributed by atoms with Gasteiger partial charge in [-0.25, -0.2) is 0 Å². The first kappa shape index (κ1) is 10.1. The first-order chi connectivity index (χ1) is 9.27. The maximum atomic E-state index is 6.21. The average Bonchev–Trinajstić information content (AvgIpc) is 3.15. The molecule has 4 nitrogen and oxygen atoms in total. The summed E-state index contributed by atoms with van der Waals surface area (Å²) in [5.41, 5.74) is 0. The molecule has 8 rings (SSSR count). The summed E-state index contributed by atoms with van der Waals surface area (Å²) in [6.07, 6.45) is 0. The van der Waals surface area contributed by atoms with Crippen molar-refractivity contribution in [3.8, 4) is 0 Å². The van der Waals surface area contributed by atoms with Crippen LogP contribution in [-0.2, 0) is 18.9 Å². The van der Waals surface area contributed by atoms with E-state index in [9.17, 15) is 0 Å². The maximum Gasteiger partial charge on any atom is 0.187 e. The minimum Gasteiger partial charge on any atom is -0.347 e. The Hall–Kier alpha value is 0.320. The van der Waals surface area contributed by atoms with Crippen LogP contribution in [0.4, 0.5) is 0 Å². The molecule has 0 N–H and O–H groups in total. The van der Waals surface area contributed by atoms with Gasteiger partial charge in [0.15, 0.2) is 11.6 Å². The average molecular weight is 327 g/mol. The quantitative estimate of drug-likeness (QED) is 0.622. The molecule has 2 aliphatic heterocycles. The Balaban J connectivity index is 1.50. The van der Waals surface area contributed by atoms with Crippen LogP contribution < -0.4 is 0 Å². The molecule has 0 amide bonds. The molecule has 2 saturated heterocycles. The molecule has 5 heteroatoms. The highest BCUT2D eigenvalue weighted by atomic mass is 79.9. The van der Waals surface area contributed by atoms with Crippen molar-refractivity contribution in [2.24, 2.45) is 41.4 Å². The van der Waals surface area contributed by atoms with Crippen LogP contribution in [0.2, 0.25) is 0 Å². The fraction of sp³-hybridized carbons (Fsp3) is 1.00. The molecule has 102 valence electrons. The Kier molecular flexibility index (Phi) is 1.31. The zero-order valence-electron chi connectivity index (χ0n) is 10.4. The molecule has 0 radical (unpaired) electrons. The van der Waals surface area contributed by atoms with Gasteiger partial charge in [0.1, 0.15) is 0 Å². The first-order valence-electron chi connectivity index (χ1n) is 7.52. The highest BCUT2D eigenvalue weighted by Gasteiger charge is 3.04. The Bertz CT molecular complexity index is 526. The van der Waals surface area contributed by atoms with Crippen LogP contribution in [0.3, 0.4) is 0 Å². The molecule has 19 heavy (non-hydrogen) atoms. The second kappa shape index (κ2) is 2.45. The summed E-state index contributed by atoms with van der Waals surface area (Å²) in [7, 11) is 0. The molecule has 4 bridgehead atoms. The number of hydrogen-bond acceptors (Lipinski definition) is 4. The predicted octanol–water partition coefficient (Wildman–Crippen LogP) is 0.988. The molecule has 8 atom stereocenters. The lowest BCUT2D eigenvalue weighted by atomic mass is 9.41. The van der Waals surface area contributed by atoms with E-state index in [0.717, 1.165) is 38.3 Å². The third kappa shape index (κ3) is 0.612. The molecular weight excluding hydrogens is 312 g/mol. The normalized spacial score (nSPS) is 70.3. The van der Waals surface area contributed by atoms with Crippen molar-refractivity contribution < 1.29 is 18.9 Å². The topological polar surface area (TPSA) is 36.9 Å². The van der Waals surface area contributed by atoms with Crippen LogP contribution in [0.1, 0.15) is 0 Å². The molecule has 0 aromatic carbocycles. The third-order valence-electron chi connectivity index (χ3n) is 7.59. The molecule has 2 spiro atoms. The second-order valence-corrected chi connectivity index (χ2v) is 8.65. The Morgan fingerprint density at radius 1 is 0.684 bits per heavy atom. The van der Waals surface area contributed by atoms with Gasteiger partial charge >= 0.3 is 0 Å². The van der Waals surface area contributed by atoms with E-state index in [1.807, 2.05) is 0 Å². The van der Waals surface area contributed by atoms with Gasteiger partial charge in [0, 0.05) is 17.8 Å². The molecule has 6 aliphatic carbocycles. The van der Waals surface area contributed by atoms with Crippen molar-refractivity contribution >= 4 is 15.9 Å². The Labute approximate surface area is 119 Å². The van der Waals surface area contributed by atoms with Crippen LogP contribution in [0.5, 0.6) is 0 Å². The van der Waals surface area contributed by atoms with Crippen molar-refractivity contribution in [1.29, 1.82) is 0 Å². The summed E-state index contributed by atoms with van der Waals surface area (Å²) in [6.45, 7) is 3.01. The van der Waals surface area contributed by atoms with Gasteiger partial charge in [-0.15, -0.1) is 0 Å². The van der Waals surface area contributed by atoms with Crippen molar-refractivity contribution in [3.05, 3.63) is 0 Å². The molecule has 0 aromatic rings. The van der Waals surface area contributed by atoms with Gasteiger partial charge in [-0.2, -0.15) is 0 Å². The Morgan fingerprint density at radius 2 is 1.32 bits per heavy atom. The van der Waals surface area contributed by atoms with E-state index < -0.39 is 0 Å². The van der Waals surface area contributed by atoms with Crippen LogP contribution in [0, 0.1) is 41.4 Å². The van der Waals surface area contributed by atoms with Gasteiger partial charge in [0.25, 0.3) is 0 Å². The van der Waals surface area contributed by atoms with Crippen LogP contribution in [0.25, 0.3) is 0 Å². The number of hydrogen-bond donors (Lipinski definition) is 0. The minimum atomic E-state index is -0.359. The van der Waals surface area contributed by atoms with E-state index in [-0.39, 0.29) is 15.9 Å². The largest absolute Gasteiger partial charge is 0.347 e. The first-order valence-corrected chi connectivity index (χ1v) is 8.31. The third-order valence-corrected chi connectivity index (χ3v) is 9.20. The summed E-state index contributed by atoms with van der Waals surface area (Å²) in [6, 6.07) is 0. The van der Waals surface area contributed by atoms with Gasteiger partial charge in [-0.05, 0) is 23.7 Å². The summed E-state index contributed by atoms with van der Waals surface area (Å²) < 4.78 is 24.8. The van der Waals surface area contributed by atoms with Gasteiger partial charge in [-0.1, -0.05) is 15.9 Å². The fourth-order valence-corrected chi connectivity index (χ4v) is 9.45. The second-order valence-electron chi connectivity index (χ2n) is 7.33.